The number of ether oxygens (including phenoxy) is 1. The van der Waals surface area contributed by atoms with Crippen LogP contribution in [-0.2, 0) is 11.3 Å². The maximum Gasteiger partial charge on any atom is 0.356 e. The zero-order valence-corrected chi connectivity index (χ0v) is 11.5. The minimum absolute atomic E-state index is 0.290. The lowest BCUT2D eigenvalue weighted by molar-refractivity contribution is 0.0594. The Morgan fingerprint density at radius 3 is 2.80 bits per heavy atom. The molecule has 0 unspecified atom stereocenters. The molecule has 2 aromatic rings. The smallest absolute Gasteiger partial charge is 0.356 e. The molecule has 0 aliphatic rings. The molecule has 0 fully saturated rings. The Bertz CT molecular complexity index is 614. The number of esters is 1. The molecule has 0 aliphatic heterocycles. The average molecular weight is 271 g/mol. The van der Waals surface area contributed by atoms with Gasteiger partial charge in [-0.25, -0.2) is 9.78 Å². The predicted octanol–water partition coefficient (Wildman–Crippen LogP) is 2.09. The lowest BCUT2D eigenvalue weighted by atomic mass is 10.1. The third-order valence-corrected chi connectivity index (χ3v) is 3.04. The molecule has 5 nitrogen and oxygen atoms in total. The van der Waals surface area contributed by atoms with Crippen LogP contribution in [0, 0.1) is 0 Å². The standard InChI is InChI=1S/C15H17N3O2/c1-18(10-11-5-3-4-6-13(11)16)12-7-8-17-14(9-12)15(19)20-2/h3-9H,10,16H2,1-2H3. The van der Waals surface area contributed by atoms with Gasteiger partial charge in [-0.05, 0) is 23.8 Å². The van der Waals surface area contributed by atoms with Gasteiger partial charge >= 0.3 is 5.97 Å². The van der Waals surface area contributed by atoms with Crippen LogP contribution in [0.5, 0.6) is 0 Å². The summed E-state index contributed by atoms with van der Waals surface area (Å²) >= 11 is 0. The van der Waals surface area contributed by atoms with Crippen molar-refractivity contribution in [1.29, 1.82) is 0 Å². The van der Waals surface area contributed by atoms with E-state index in [0.29, 0.717) is 6.54 Å². The van der Waals surface area contributed by atoms with Gasteiger partial charge in [-0.15, -0.1) is 0 Å². The molecular weight excluding hydrogens is 254 g/mol. The number of nitrogens with zero attached hydrogens (tertiary/aromatic N) is 2. The molecule has 1 aromatic carbocycles. The fraction of sp³-hybridized carbons (Fsp3) is 0.200. The maximum absolute atomic E-state index is 11.5. The Kier molecular flexibility index (Phi) is 4.20. The monoisotopic (exact) mass is 271 g/mol. The molecule has 0 saturated carbocycles. The number of para-hydroxylation sites is 1. The fourth-order valence-corrected chi connectivity index (χ4v) is 1.90. The second kappa shape index (κ2) is 6.06. The highest BCUT2D eigenvalue weighted by atomic mass is 16.5. The van der Waals surface area contributed by atoms with Crippen molar-refractivity contribution in [3.8, 4) is 0 Å². The highest BCUT2D eigenvalue weighted by Crippen LogP contribution is 2.19. The van der Waals surface area contributed by atoms with E-state index >= 15 is 0 Å². The molecular formula is C15H17N3O2. The van der Waals surface area contributed by atoms with Gasteiger partial charge in [0.05, 0.1) is 7.11 Å². The van der Waals surface area contributed by atoms with E-state index in [9.17, 15) is 4.79 Å². The normalized spacial score (nSPS) is 10.1. The summed E-state index contributed by atoms with van der Waals surface area (Å²) in [5, 5.41) is 0. The third kappa shape index (κ3) is 3.06. The number of hydrogen-bond donors (Lipinski definition) is 1. The molecule has 0 aliphatic carbocycles. The van der Waals surface area contributed by atoms with E-state index in [2.05, 4.69) is 9.72 Å². The Hall–Kier alpha value is -2.56. The van der Waals surface area contributed by atoms with Crippen molar-refractivity contribution in [2.45, 2.75) is 6.54 Å². The Morgan fingerprint density at radius 1 is 1.35 bits per heavy atom. The van der Waals surface area contributed by atoms with Crippen LogP contribution in [-0.4, -0.2) is 25.1 Å². The number of anilines is 2. The van der Waals surface area contributed by atoms with Crippen LogP contribution in [0.15, 0.2) is 42.6 Å². The average Bonchev–Trinajstić information content (AvgIpc) is 2.49. The molecule has 104 valence electrons. The first kappa shape index (κ1) is 13.9. The topological polar surface area (TPSA) is 68.5 Å². The van der Waals surface area contributed by atoms with Crippen LogP contribution < -0.4 is 10.6 Å². The van der Waals surface area contributed by atoms with Gasteiger partial charge in [0.1, 0.15) is 5.69 Å². The van der Waals surface area contributed by atoms with E-state index in [1.165, 1.54) is 7.11 Å². The second-order valence-electron chi connectivity index (χ2n) is 4.45. The highest BCUT2D eigenvalue weighted by molar-refractivity contribution is 5.88. The van der Waals surface area contributed by atoms with Crippen LogP contribution in [0.1, 0.15) is 16.1 Å². The number of aromatic nitrogens is 1. The summed E-state index contributed by atoms with van der Waals surface area (Å²) in [6.07, 6.45) is 1.59. The van der Waals surface area contributed by atoms with Crippen molar-refractivity contribution in [2.24, 2.45) is 0 Å². The molecule has 0 bridgehead atoms. The second-order valence-corrected chi connectivity index (χ2v) is 4.45. The lowest BCUT2D eigenvalue weighted by Crippen LogP contribution is -2.18. The summed E-state index contributed by atoms with van der Waals surface area (Å²) in [4.78, 5) is 17.5. The number of nitrogens with two attached hydrogens (primary N) is 1. The summed E-state index contributed by atoms with van der Waals surface area (Å²) in [6.45, 7) is 0.650. The summed E-state index contributed by atoms with van der Waals surface area (Å²) in [5.41, 5.74) is 8.89. The number of pyridine rings is 1. The molecule has 0 atom stereocenters. The number of carbonyl (C=O) groups is 1. The minimum atomic E-state index is -0.445. The van der Waals surface area contributed by atoms with Crippen LogP contribution in [0.3, 0.4) is 0 Å². The quantitative estimate of drug-likeness (QED) is 0.681. The van der Waals surface area contributed by atoms with E-state index in [0.717, 1.165) is 16.9 Å². The molecule has 20 heavy (non-hydrogen) atoms. The van der Waals surface area contributed by atoms with Crippen LogP contribution >= 0.6 is 0 Å². The largest absolute Gasteiger partial charge is 0.464 e. The van der Waals surface area contributed by atoms with E-state index in [4.69, 9.17) is 5.73 Å². The molecule has 1 aromatic heterocycles. The molecule has 1 heterocycles. The van der Waals surface area contributed by atoms with E-state index in [1.54, 1.807) is 12.3 Å². The van der Waals surface area contributed by atoms with E-state index < -0.39 is 5.97 Å². The van der Waals surface area contributed by atoms with Gasteiger partial charge in [-0.2, -0.15) is 0 Å². The SMILES string of the molecule is COC(=O)c1cc(N(C)Cc2ccccc2N)ccn1. The Morgan fingerprint density at radius 2 is 2.10 bits per heavy atom. The van der Waals surface area contributed by atoms with Crippen LogP contribution in [0.2, 0.25) is 0 Å². The zero-order valence-electron chi connectivity index (χ0n) is 11.5. The van der Waals surface area contributed by atoms with Crippen molar-refractivity contribution in [2.75, 3.05) is 24.8 Å². The molecule has 0 radical (unpaired) electrons. The van der Waals surface area contributed by atoms with Gasteiger partial charge in [-0.3, -0.25) is 0 Å². The van der Waals surface area contributed by atoms with Gasteiger partial charge in [0, 0.05) is 31.2 Å². The summed E-state index contributed by atoms with van der Waals surface area (Å²) in [6, 6.07) is 11.2. The number of nitrogen functional groups attached to an aromatic ring is 1. The van der Waals surface area contributed by atoms with Crippen molar-refractivity contribution < 1.29 is 9.53 Å². The van der Waals surface area contributed by atoms with Gasteiger partial charge in [0.2, 0.25) is 0 Å². The third-order valence-electron chi connectivity index (χ3n) is 3.04. The van der Waals surface area contributed by atoms with E-state index in [-0.39, 0.29) is 5.69 Å². The van der Waals surface area contributed by atoms with Gasteiger partial charge in [-0.1, -0.05) is 18.2 Å². The lowest BCUT2D eigenvalue weighted by Gasteiger charge is -2.20. The summed E-state index contributed by atoms with van der Waals surface area (Å²) in [5.74, 6) is -0.445. The first-order chi connectivity index (χ1) is 9.61. The number of rotatable bonds is 4. The number of methoxy groups -OCH3 is 1. The molecule has 2 N–H and O–H groups in total. The molecule has 2 rings (SSSR count). The van der Waals surface area contributed by atoms with Crippen LogP contribution in [0.4, 0.5) is 11.4 Å². The number of benzene rings is 1. The Balaban J connectivity index is 2.19. The maximum atomic E-state index is 11.5. The Labute approximate surface area is 118 Å². The fourth-order valence-electron chi connectivity index (χ4n) is 1.90. The minimum Gasteiger partial charge on any atom is -0.464 e. The zero-order chi connectivity index (χ0) is 14.5. The first-order valence-electron chi connectivity index (χ1n) is 6.20. The van der Waals surface area contributed by atoms with Crippen LogP contribution in [0.25, 0.3) is 0 Å². The van der Waals surface area contributed by atoms with E-state index in [1.807, 2.05) is 42.3 Å². The predicted molar refractivity (Wildman–Crippen MR) is 78.5 cm³/mol. The van der Waals surface area contributed by atoms with Crippen molar-refractivity contribution in [3.05, 3.63) is 53.9 Å². The van der Waals surface area contributed by atoms with Gasteiger partial charge in [0.15, 0.2) is 0 Å². The number of carbonyl (C=O) groups excluding carboxylic acids is 1. The highest BCUT2D eigenvalue weighted by Gasteiger charge is 2.10. The summed E-state index contributed by atoms with van der Waals surface area (Å²) < 4.78 is 4.67. The molecule has 5 heteroatoms. The first-order valence-corrected chi connectivity index (χ1v) is 6.20. The molecule has 0 spiro atoms. The van der Waals surface area contributed by atoms with Crippen molar-refractivity contribution in [3.63, 3.8) is 0 Å². The molecule has 0 amide bonds. The number of hydrogen-bond acceptors (Lipinski definition) is 5. The van der Waals surface area contributed by atoms with Gasteiger partial charge < -0.3 is 15.4 Å². The summed E-state index contributed by atoms with van der Waals surface area (Å²) in [7, 11) is 3.27. The van der Waals surface area contributed by atoms with Crippen molar-refractivity contribution in [1.82, 2.24) is 4.98 Å². The van der Waals surface area contributed by atoms with Gasteiger partial charge in [0.25, 0.3) is 0 Å². The molecule has 0 saturated heterocycles. The van der Waals surface area contributed by atoms with Crippen molar-refractivity contribution >= 4 is 17.3 Å².